The van der Waals surface area contributed by atoms with Crippen molar-refractivity contribution < 1.29 is 10.2 Å². The van der Waals surface area contributed by atoms with Crippen LogP contribution in [-0.4, -0.2) is 35.3 Å². The lowest BCUT2D eigenvalue weighted by Gasteiger charge is -2.19. The van der Waals surface area contributed by atoms with Gasteiger partial charge in [-0.25, -0.2) is 0 Å². The average Bonchev–Trinajstić information content (AvgIpc) is 2.99. The third kappa shape index (κ3) is 5.09. The summed E-state index contributed by atoms with van der Waals surface area (Å²) in [6.07, 6.45) is 6.00. The summed E-state index contributed by atoms with van der Waals surface area (Å²) in [7, 11) is 2.77. The Morgan fingerprint density at radius 3 is 2.62 bits per heavy atom. The van der Waals surface area contributed by atoms with Crippen LogP contribution in [-0.2, 0) is 0 Å². The average molecular weight is 247 g/mol. The molecule has 0 heterocycles. The highest BCUT2D eigenvalue weighted by Crippen LogP contribution is 2.32. The van der Waals surface area contributed by atoms with Crippen molar-refractivity contribution in [3.8, 4) is 0 Å². The summed E-state index contributed by atoms with van der Waals surface area (Å²) in [6.45, 7) is 3.08. The third-order valence-electron chi connectivity index (χ3n) is 3.37. The van der Waals surface area contributed by atoms with Gasteiger partial charge in [-0.3, -0.25) is 5.32 Å². The van der Waals surface area contributed by atoms with Gasteiger partial charge >= 0.3 is 0 Å². The van der Waals surface area contributed by atoms with Crippen molar-refractivity contribution in [2.75, 3.05) is 12.7 Å². The van der Waals surface area contributed by atoms with Gasteiger partial charge in [0.2, 0.25) is 0 Å². The number of nitrogens with one attached hydrogen (secondary N) is 1. The maximum Gasteiger partial charge on any atom is 0.110 e. The maximum absolute atomic E-state index is 9.73. The van der Waals surface area contributed by atoms with Crippen LogP contribution < -0.4 is 5.32 Å². The van der Waals surface area contributed by atoms with Crippen molar-refractivity contribution in [2.45, 2.75) is 51.4 Å². The second kappa shape index (κ2) is 7.60. The van der Waals surface area contributed by atoms with Gasteiger partial charge in [-0.05, 0) is 31.3 Å². The maximum atomic E-state index is 9.73. The van der Waals surface area contributed by atoms with Gasteiger partial charge < -0.3 is 10.2 Å². The standard InChI is InChI=1S/C12H26NO2P/c1-2-3-4-9(5-6-16)8-13-12(15)10-7-11(10)14/h9-15H,2-8,16H2,1H3. The van der Waals surface area contributed by atoms with E-state index in [9.17, 15) is 10.2 Å². The lowest BCUT2D eigenvalue weighted by Crippen LogP contribution is -2.35. The Labute approximate surface area is 101 Å². The zero-order valence-corrected chi connectivity index (χ0v) is 11.4. The Bertz CT molecular complexity index is 192. The molecule has 1 fully saturated rings. The summed E-state index contributed by atoms with van der Waals surface area (Å²) >= 11 is 0. The number of hydrogen-bond donors (Lipinski definition) is 3. The van der Waals surface area contributed by atoms with Crippen molar-refractivity contribution in [1.29, 1.82) is 0 Å². The molecule has 1 rings (SSSR count). The molecular formula is C12H26NO2P. The predicted octanol–water partition coefficient (Wildman–Crippen LogP) is 1.35. The summed E-state index contributed by atoms with van der Waals surface area (Å²) in [5.41, 5.74) is 0. The second-order valence-electron chi connectivity index (χ2n) is 4.91. The molecule has 1 saturated carbocycles. The molecule has 16 heavy (non-hydrogen) atoms. The topological polar surface area (TPSA) is 52.5 Å². The SMILES string of the molecule is CCCCC(CCP)CNC(O)C1CC1O. The van der Waals surface area contributed by atoms with Crippen molar-refractivity contribution in [2.24, 2.45) is 11.8 Å². The van der Waals surface area contributed by atoms with E-state index in [4.69, 9.17) is 0 Å². The van der Waals surface area contributed by atoms with Crippen LogP contribution in [0.5, 0.6) is 0 Å². The van der Waals surface area contributed by atoms with E-state index in [1.807, 2.05) is 0 Å². The van der Waals surface area contributed by atoms with Gasteiger partial charge in [-0.15, -0.1) is 9.24 Å². The summed E-state index contributed by atoms with van der Waals surface area (Å²) < 4.78 is 0. The molecule has 96 valence electrons. The third-order valence-corrected chi connectivity index (χ3v) is 3.70. The molecule has 0 amide bonds. The fourth-order valence-electron chi connectivity index (χ4n) is 2.06. The molecule has 0 aliphatic heterocycles. The zero-order valence-electron chi connectivity index (χ0n) is 10.2. The number of rotatable bonds is 9. The molecule has 0 radical (unpaired) electrons. The zero-order chi connectivity index (χ0) is 12.0. The van der Waals surface area contributed by atoms with E-state index in [-0.39, 0.29) is 12.0 Å². The van der Waals surface area contributed by atoms with Crippen LogP contribution in [0.2, 0.25) is 0 Å². The molecule has 1 aliphatic rings. The van der Waals surface area contributed by atoms with Gasteiger partial charge in [-0.2, -0.15) is 0 Å². The smallest absolute Gasteiger partial charge is 0.110 e. The van der Waals surface area contributed by atoms with Gasteiger partial charge in [0.15, 0.2) is 0 Å². The first-order chi connectivity index (χ1) is 7.69. The summed E-state index contributed by atoms with van der Waals surface area (Å²) in [5, 5.41) is 22.1. The van der Waals surface area contributed by atoms with E-state index < -0.39 is 6.23 Å². The lowest BCUT2D eigenvalue weighted by molar-refractivity contribution is 0.0874. The molecule has 0 bridgehead atoms. The molecule has 0 saturated heterocycles. The first-order valence-electron chi connectivity index (χ1n) is 6.48. The molecule has 4 heteroatoms. The molecule has 0 aromatic carbocycles. The molecule has 5 atom stereocenters. The van der Waals surface area contributed by atoms with E-state index in [1.54, 1.807) is 0 Å². The minimum Gasteiger partial charge on any atom is -0.393 e. The Kier molecular flexibility index (Phi) is 6.83. The Hall–Kier alpha value is 0.310. The van der Waals surface area contributed by atoms with E-state index >= 15 is 0 Å². The summed E-state index contributed by atoms with van der Waals surface area (Å²) in [6, 6.07) is 0. The monoisotopic (exact) mass is 247 g/mol. The van der Waals surface area contributed by atoms with Crippen LogP contribution in [0.15, 0.2) is 0 Å². The van der Waals surface area contributed by atoms with Crippen LogP contribution in [0.3, 0.4) is 0 Å². The van der Waals surface area contributed by atoms with Crippen LogP contribution >= 0.6 is 9.24 Å². The molecule has 5 unspecified atom stereocenters. The first-order valence-corrected chi connectivity index (χ1v) is 7.30. The predicted molar refractivity (Wildman–Crippen MR) is 70.3 cm³/mol. The molecule has 3 N–H and O–H groups in total. The Morgan fingerprint density at radius 2 is 2.12 bits per heavy atom. The van der Waals surface area contributed by atoms with E-state index in [2.05, 4.69) is 21.5 Å². The van der Waals surface area contributed by atoms with Crippen molar-refractivity contribution in [3.05, 3.63) is 0 Å². The Balaban J connectivity index is 2.15. The lowest BCUT2D eigenvalue weighted by atomic mass is 9.99. The highest BCUT2D eigenvalue weighted by molar-refractivity contribution is 7.16. The fourth-order valence-corrected chi connectivity index (χ4v) is 2.53. The number of aliphatic hydroxyl groups excluding tert-OH is 2. The van der Waals surface area contributed by atoms with Crippen molar-refractivity contribution in [3.63, 3.8) is 0 Å². The quantitative estimate of drug-likeness (QED) is 0.426. The molecular weight excluding hydrogens is 221 g/mol. The number of aliphatic hydroxyl groups is 2. The number of hydrogen-bond acceptors (Lipinski definition) is 3. The van der Waals surface area contributed by atoms with Crippen LogP contribution in [0.1, 0.15) is 39.0 Å². The summed E-state index contributed by atoms with van der Waals surface area (Å²) in [4.78, 5) is 0. The highest BCUT2D eigenvalue weighted by Gasteiger charge is 2.41. The first kappa shape index (κ1) is 14.4. The van der Waals surface area contributed by atoms with Gasteiger partial charge in [-0.1, -0.05) is 19.8 Å². The van der Waals surface area contributed by atoms with E-state index in [0.717, 1.165) is 19.1 Å². The fraction of sp³-hybridized carbons (Fsp3) is 1.00. The largest absolute Gasteiger partial charge is 0.393 e. The summed E-state index contributed by atoms with van der Waals surface area (Å²) in [5.74, 6) is 0.728. The molecule has 3 nitrogen and oxygen atoms in total. The van der Waals surface area contributed by atoms with Crippen molar-refractivity contribution >= 4 is 9.24 Å². The van der Waals surface area contributed by atoms with Crippen molar-refractivity contribution in [1.82, 2.24) is 5.32 Å². The van der Waals surface area contributed by atoms with Crippen LogP contribution in [0, 0.1) is 11.8 Å². The normalized spacial score (nSPS) is 27.8. The minimum atomic E-state index is -0.511. The number of unbranched alkanes of at least 4 members (excludes halogenated alkanes) is 1. The van der Waals surface area contributed by atoms with E-state index in [0.29, 0.717) is 5.92 Å². The molecule has 0 spiro atoms. The Morgan fingerprint density at radius 1 is 1.44 bits per heavy atom. The van der Waals surface area contributed by atoms with E-state index in [1.165, 1.54) is 25.7 Å². The second-order valence-corrected chi connectivity index (χ2v) is 5.48. The highest BCUT2D eigenvalue weighted by atomic mass is 31.0. The minimum absolute atomic E-state index is 0.0721. The van der Waals surface area contributed by atoms with Crippen LogP contribution in [0.25, 0.3) is 0 Å². The molecule has 0 aromatic rings. The van der Waals surface area contributed by atoms with Gasteiger partial charge in [0.1, 0.15) is 6.23 Å². The molecule has 0 aromatic heterocycles. The van der Waals surface area contributed by atoms with Gasteiger partial charge in [0, 0.05) is 12.5 Å². The molecule has 1 aliphatic carbocycles. The van der Waals surface area contributed by atoms with Crippen LogP contribution in [0.4, 0.5) is 0 Å². The van der Waals surface area contributed by atoms with Gasteiger partial charge in [0.05, 0.1) is 6.10 Å². The van der Waals surface area contributed by atoms with Gasteiger partial charge in [0.25, 0.3) is 0 Å².